The largest absolute Gasteiger partial charge is 0.295 e. The minimum Gasteiger partial charge on any atom is -0.295 e. The Morgan fingerprint density at radius 2 is 1.00 bits per heavy atom. The number of hydrogen-bond acceptors (Lipinski definition) is 4. The number of hydrogen-bond donors (Lipinski definition) is 0. The van der Waals surface area contributed by atoms with Crippen LogP contribution < -0.4 is 0 Å². The van der Waals surface area contributed by atoms with Crippen molar-refractivity contribution in [2.45, 2.75) is 39.8 Å². The fraction of sp³-hybridized carbons (Fsp3) is 0.286. The monoisotopic (exact) mass is 524 g/mol. The number of halogens is 2. The molecule has 2 heterocycles. The molecule has 0 bridgehead atoms. The first kappa shape index (κ1) is 27.4. The van der Waals surface area contributed by atoms with E-state index in [0.29, 0.717) is 11.8 Å². The lowest BCUT2D eigenvalue weighted by atomic mass is 10.1. The Morgan fingerprint density at radius 3 is 1.31 bits per heavy atom. The maximum atomic E-state index is 11.2. The van der Waals surface area contributed by atoms with Gasteiger partial charge in [-0.2, -0.15) is 10.2 Å². The molecule has 0 spiro atoms. The third-order valence-corrected chi connectivity index (χ3v) is 6.09. The van der Waals surface area contributed by atoms with Gasteiger partial charge in [0, 0.05) is 59.5 Å². The van der Waals surface area contributed by atoms with Gasteiger partial charge in [-0.25, -0.2) is 0 Å². The van der Waals surface area contributed by atoms with E-state index in [1.807, 2.05) is 82.7 Å². The summed E-state index contributed by atoms with van der Waals surface area (Å²) in [6.45, 7) is 4.79. The van der Waals surface area contributed by atoms with Gasteiger partial charge in [-0.1, -0.05) is 48.5 Å². The van der Waals surface area contributed by atoms with Crippen LogP contribution in [0, 0.1) is 0 Å². The molecule has 0 saturated heterocycles. The van der Waals surface area contributed by atoms with Crippen molar-refractivity contribution in [3.05, 3.63) is 84.4 Å². The molecule has 8 heteroatoms. The van der Waals surface area contributed by atoms with Gasteiger partial charge < -0.3 is 0 Å². The van der Waals surface area contributed by atoms with Crippen LogP contribution in [-0.2, 0) is 13.1 Å². The van der Waals surface area contributed by atoms with E-state index in [4.69, 9.17) is 23.2 Å². The number of rotatable bonds is 10. The Morgan fingerprint density at radius 1 is 0.639 bits per heavy atom. The average molecular weight is 525 g/mol. The average Bonchev–Trinajstić information content (AvgIpc) is 3.57. The fourth-order valence-electron chi connectivity index (χ4n) is 3.51. The van der Waals surface area contributed by atoms with Gasteiger partial charge in [0.2, 0.25) is 0 Å². The lowest BCUT2D eigenvalue weighted by Gasteiger charge is -1.99. The molecular formula is C28H30Cl2N4O2. The molecule has 4 aromatic rings. The molecule has 36 heavy (non-hydrogen) atoms. The fourth-order valence-corrected chi connectivity index (χ4v) is 3.75. The second-order valence-corrected chi connectivity index (χ2v) is 9.09. The van der Waals surface area contributed by atoms with Crippen LogP contribution >= 0.6 is 23.2 Å². The Kier molecular flexibility index (Phi) is 10.5. The third kappa shape index (κ3) is 7.90. The highest BCUT2D eigenvalue weighted by atomic mass is 35.5. The third-order valence-electron chi connectivity index (χ3n) is 5.56. The van der Waals surface area contributed by atoms with Crippen molar-refractivity contribution in [1.82, 2.24) is 19.6 Å². The summed E-state index contributed by atoms with van der Waals surface area (Å²) in [6, 6.07) is 15.1. The van der Waals surface area contributed by atoms with E-state index < -0.39 is 0 Å². The van der Waals surface area contributed by atoms with Crippen molar-refractivity contribution in [3.8, 4) is 22.3 Å². The van der Waals surface area contributed by atoms with E-state index >= 15 is 0 Å². The van der Waals surface area contributed by atoms with Gasteiger partial charge in [0.15, 0.2) is 11.6 Å². The Balaban J connectivity index is 0.000000201. The van der Waals surface area contributed by atoms with Crippen LogP contribution in [0.3, 0.4) is 0 Å². The molecule has 0 unspecified atom stereocenters. The molecule has 0 atom stereocenters. The first-order chi connectivity index (χ1) is 17.4. The molecular weight excluding hydrogens is 495 g/mol. The standard InChI is InChI=1S/2C14H15ClN2O/c2*1-11(18)12-3-5-13(6-4-12)14-9-16-17(10-14)8-2-7-15/h2*3-6,9-10H,2,7-8H2,1H3. The smallest absolute Gasteiger partial charge is 0.159 e. The molecule has 0 radical (unpaired) electrons. The molecule has 0 aliphatic rings. The highest BCUT2D eigenvalue weighted by Gasteiger charge is 2.05. The number of Topliss-reactive ketones (excluding diaryl/α,β-unsaturated/α-hetero) is 2. The number of alkyl halides is 2. The minimum absolute atomic E-state index is 0.0827. The van der Waals surface area contributed by atoms with Gasteiger partial charge in [-0.3, -0.25) is 19.0 Å². The van der Waals surface area contributed by atoms with E-state index in [1.165, 1.54) is 0 Å². The molecule has 0 saturated carbocycles. The highest BCUT2D eigenvalue weighted by Crippen LogP contribution is 2.20. The van der Waals surface area contributed by atoms with Crippen LogP contribution in [0.5, 0.6) is 0 Å². The molecule has 2 aromatic carbocycles. The van der Waals surface area contributed by atoms with Gasteiger partial charge in [-0.05, 0) is 37.8 Å². The summed E-state index contributed by atoms with van der Waals surface area (Å²) in [7, 11) is 0. The predicted octanol–water partition coefficient (Wildman–Crippen LogP) is 6.76. The quantitative estimate of drug-likeness (QED) is 0.169. The summed E-state index contributed by atoms with van der Waals surface area (Å²) in [4.78, 5) is 22.4. The van der Waals surface area contributed by atoms with E-state index in [0.717, 1.165) is 59.3 Å². The zero-order valence-corrected chi connectivity index (χ0v) is 22.0. The van der Waals surface area contributed by atoms with Crippen LogP contribution in [0.25, 0.3) is 22.3 Å². The summed E-state index contributed by atoms with van der Waals surface area (Å²) >= 11 is 11.3. The lowest BCUT2D eigenvalue weighted by molar-refractivity contribution is 0.100. The molecule has 0 N–H and O–H groups in total. The number of aryl methyl sites for hydroxylation is 2. The summed E-state index contributed by atoms with van der Waals surface area (Å²) in [5, 5.41) is 8.56. The molecule has 6 nitrogen and oxygen atoms in total. The summed E-state index contributed by atoms with van der Waals surface area (Å²) in [5.41, 5.74) is 5.70. The zero-order chi connectivity index (χ0) is 25.9. The van der Waals surface area contributed by atoms with Gasteiger partial charge in [-0.15, -0.1) is 23.2 Å². The van der Waals surface area contributed by atoms with Gasteiger partial charge in [0.05, 0.1) is 12.4 Å². The second-order valence-electron chi connectivity index (χ2n) is 8.34. The van der Waals surface area contributed by atoms with Crippen molar-refractivity contribution < 1.29 is 9.59 Å². The number of benzene rings is 2. The van der Waals surface area contributed by atoms with Crippen molar-refractivity contribution in [1.29, 1.82) is 0 Å². The second kappa shape index (κ2) is 13.8. The van der Waals surface area contributed by atoms with Crippen LogP contribution in [0.4, 0.5) is 0 Å². The normalized spacial score (nSPS) is 10.6. The van der Waals surface area contributed by atoms with Gasteiger partial charge in [0.1, 0.15) is 0 Å². The SMILES string of the molecule is CC(=O)c1ccc(-c2cnn(CCCCl)c2)cc1.CC(=O)c1ccc(-c2cnn(CCCCl)c2)cc1. The molecule has 2 aromatic heterocycles. The molecule has 4 rings (SSSR count). The van der Waals surface area contributed by atoms with Crippen molar-refractivity contribution in [2.24, 2.45) is 0 Å². The summed E-state index contributed by atoms with van der Waals surface area (Å²) < 4.78 is 3.77. The van der Waals surface area contributed by atoms with Crippen molar-refractivity contribution in [3.63, 3.8) is 0 Å². The number of ketones is 2. The molecule has 0 amide bonds. The van der Waals surface area contributed by atoms with Crippen molar-refractivity contribution in [2.75, 3.05) is 11.8 Å². The Bertz CT molecular complexity index is 1160. The van der Waals surface area contributed by atoms with Crippen LogP contribution in [0.15, 0.2) is 73.3 Å². The maximum Gasteiger partial charge on any atom is 0.159 e. The van der Waals surface area contributed by atoms with Crippen LogP contribution in [0.2, 0.25) is 0 Å². The lowest BCUT2D eigenvalue weighted by Crippen LogP contribution is -1.98. The first-order valence-corrected chi connectivity index (χ1v) is 12.9. The highest BCUT2D eigenvalue weighted by molar-refractivity contribution is 6.18. The maximum absolute atomic E-state index is 11.2. The number of nitrogens with zero attached hydrogens (tertiary/aromatic N) is 4. The topological polar surface area (TPSA) is 69.8 Å². The zero-order valence-electron chi connectivity index (χ0n) is 20.5. The minimum atomic E-state index is 0.0827. The summed E-state index contributed by atoms with van der Waals surface area (Å²) in [5.74, 6) is 1.45. The van der Waals surface area contributed by atoms with E-state index in [9.17, 15) is 9.59 Å². The molecule has 0 aliphatic heterocycles. The Labute approximate surface area is 221 Å². The summed E-state index contributed by atoms with van der Waals surface area (Å²) in [6.07, 6.45) is 9.47. The van der Waals surface area contributed by atoms with E-state index in [2.05, 4.69) is 10.2 Å². The number of carbonyl (C=O) groups is 2. The van der Waals surface area contributed by atoms with E-state index in [1.54, 1.807) is 13.8 Å². The van der Waals surface area contributed by atoms with Crippen LogP contribution in [-0.4, -0.2) is 42.9 Å². The number of carbonyl (C=O) groups excluding carboxylic acids is 2. The first-order valence-electron chi connectivity index (χ1n) is 11.8. The van der Waals surface area contributed by atoms with Gasteiger partial charge in [0.25, 0.3) is 0 Å². The van der Waals surface area contributed by atoms with Gasteiger partial charge >= 0.3 is 0 Å². The molecule has 188 valence electrons. The van der Waals surface area contributed by atoms with E-state index in [-0.39, 0.29) is 11.6 Å². The van der Waals surface area contributed by atoms with Crippen molar-refractivity contribution >= 4 is 34.8 Å². The number of aromatic nitrogens is 4. The van der Waals surface area contributed by atoms with Crippen LogP contribution in [0.1, 0.15) is 47.4 Å². The molecule has 0 fully saturated rings. The molecule has 0 aliphatic carbocycles. The predicted molar refractivity (Wildman–Crippen MR) is 146 cm³/mol. The Hall–Kier alpha value is -3.22.